The number of nitrogen functional groups attached to an aromatic ring is 1. The van der Waals surface area contributed by atoms with Gasteiger partial charge in [-0.3, -0.25) is 0 Å². The number of nitrogens with zero attached hydrogens (tertiary/aromatic N) is 3. The standard InChI is InChI=1S/C13H15ClN4O4/c1-19-8-4-7(5-9(20-2)10(8)21-3)6-22-13-17-11(14)16-12(15)18-13/h4-5H,6H2,1-3H3,(H2,15,16,17,18). The maximum atomic E-state index is 5.69. The number of methoxy groups -OCH3 is 3. The van der Waals surface area contributed by atoms with E-state index in [1.54, 1.807) is 12.1 Å². The van der Waals surface area contributed by atoms with E-state index >= 15 is 0 Å². The van der Waals surface area contributed by atoms with Crippen molar-refractivity contribution in [3.8, 4) is 23.3 Å². The minimum absolute atomic E-state index is 0.0140. The summed E-state index contributed by atoms with van der Waals surface area (Å²) in [5, 5.41) is -0.0348. The normalized spacial score (nSPS) is 10.2. The summed E-state index contributed by atoms with van der Waals surface area (Å²) in [5.41, 5.74) is 6.24. The highest BCUT2D eigenvalue weighted by Gasteiger charge is 2.14. The number of ether oxygens (including phenoxy) is 4. The lowest BCUT2D eigenvalue weighted by Gasteiger charge is -2.14. The predicted molar refractivity (Wildman–Crippen MR) is 79.7 cm³/mol. The molecule has 0 amide bonds. The van der Waals surface area contributed by atoms with Crippen LogP contribution in [0.1, 0.15) is 5.56 Å². The first-order chi connectivity index (χ1) is 10.6. The third-order valence-corrected chi connectivity index (χ3v) is 2.87. The minimum atomic E-state index is -0.0348. The van der Waals surface area contributed by atoms with Crippen LogP contribution in [-0.4, -0.2) is 36.3 Å². The van der Waals surface area contributed by atoms with Crippen LogP contribution in [0.4, 0.5) is 5.95 Å². The topological polar surface area (TPSA) is 102 Å². The zero-order chi connectivity index (χ0) is 16.1. The minimum Gasteiger partial charge on any atom is -0.493 e. The monoisotopic (exact) mass is 326 g/mol. The summed E-state index contributed by atoms with van der Waals surface area (Å²) in [5.74, 6) is 1.53. The highest BCUT2D eigenvalue weighted by molar-refractivity contribution is 6.28. The third kappa shape index (κ3) is 3.59. The molecule has 0 saturated heterocycles. The van der Waals surface area contributed by atoms with E-state index in [9.17, 15) is 0 Å². The van der Waals surface area contributed by atoms with E-state index in [4.69, 9.17) is 36.3 Å². The summed E-state index contributed by atoms with van der Waals surface area (Å²) in [4.78, 5) is 11.3. The molecule has 0 bridgehead atoms. The molecule has 2 aromatic rings. The van der Waals surface area contributed by atoms with Gasteiger partial charge in [-0.05, 0) is 29.3 Å². The van der Waals surface area contributed by atoms with E-state index in [1.165, 1.54) is 21.3 Å². The second kappa shape index (κ2) is 6.99. The molecule has 0 aliphatic heterocycles. The molecule has 0 atom stereocenters. The molecule has 0 saturated carbocycles. The van der Waals surface area contributed by atoms with Crippen molar-refractivity contribution in [2.45, 2.75) is 6.61 Å². The summed E-state index contributed by atoms with van der Waals surface area (Å²) in [6.45, 7) is 0.163. The maximum Gasteiger partial charge on any atom is 0.322 e. The van der Waals surface area contributed by atoms with Crippen LogP contribution in [0.5, 0.6) is 23.3 Å². The predicted octanol–water partition coefficient (Wildman–Crippen LogP) is 1.71. The van der Waals surface area contributed by atoms with Crippen LogP contribution in [0, 0.1) is 0 Å². The van der Waals surface area contributed by atoms with Crippen LogP contribution in [0.25, 0.3) is 0 Å². The Morgan fingerprint density at radius 3 is 2.14 bits per heavy atom. The fourth-order valence-electron chi connectivity index (χ4n) is 1.78. The van der Waals surface area contributed by atoms with E-state index in [1.807, 2.05) is 0 Å². The van der Waals surface area contributed by atoms with Gasteiger partial charge in [0.05, 0.1) is 21.3 Å². The van der Waals surface area contributed by atoms with Gasteiger partial charge < -0.3 is 24.7 Å². The van der Waals surface area contributed by atoms with Gasteiger partial charge in [-0.15, -0.1) is 0 Å². The molecular formula is C13H15ClN4O4. The molecule has 1 aromatic heterocycles. The summed E-state index contributed by atoms with van der Waals surface area (Å²) >= 11 is 5.69. The molecule has 0 fully saturated rings. The Kier molecular flexibility index (Phi) is 5.05. The van der Waals surface area contributed by atoms with Crippen LogP contribution in [-0.2, 0) is 6.61 Å². The van der Waals surface area contributed by atoms with Gasteiger partial charge in [-0.1, -0.05) is 0 Å². The molecule has 22 heavy (non-hydrogen) atoms. The quantitative estimate of drug-likeness (QED) is 0.856. The average molecular weight is 327 g/mol. The molecule has 9 heteroatoms. The molecule has 0 unspecified atom stereocenters. The SMILES string of the molecule is COc1cc(COc2nc(N)nc(Cl)n2)cc(OC)c1OC. The smallest absolute Gasteiger partial charge is 0.322 e. The van der Waals surface area contributed by atoms with Gasteiger partial charge in [0, 0.05) is 0 Å². The van der Waals surface area contributed by atoms with E-state index in [0.717, 1.165) is 5.56 Å². The van der Waals surface area contributed by atoms with Crippen molar-refractivity contribution in [3.63, 3.8) is 0 Å². The van der Waals surface area contributed by atoms with Gasteiger partial charge >= 0.3 is 6.01 Å². The van der Waals surface area contributed by atoms with Crippen LogP contribution < -0.4 is 24.7 Å². The Balaban J connectivity index is 2.22. The first-order valence-electron chi connectivity index (χ1n) is 6.16. The van der Waals surface area contributed by atoms with Gasteiger partial charge in [-0.25, -0.2) is 0 Å². The number of aromatic nitrogens is 3. The van der Waals surface area contributed by atoms with Crippen molar-refractivity contribution in [1.29, 1.82) is 0 Å². The summed E-state index contributed by atoms with van der Waals surface area (Å²) in [6.07, 6.45) is 0. The highest BCUT2D eigenvalue weighted by atomic mass is 35.5. The van der Waals surface area contributed by atoms with Crippen LogP contribution in [0.2, 0.25) is 5.28 Å². The van der Waals surface area contributed by atoms with Crippen LogP contribution >= 0.6 is 11.6 Å². The lowest BCUT2D eigenvalue weighted by Crippen LogP contribution is -2.05. The Hall–Kier alpha value is -2.48. The van der Waals surface area contributed by atoms with Crippen molar-refractivity contribution in [2.24, 2.45) is 0 Å². The van der Waals surface area contributed by atoms with Gasteiger partial charge in [-0.2, -0.15) is 15.0 Å². The molecule has 0 aliphatic carbocycles. The maximum absolute atomic E-state index is 5.69. The zero-order valence-electron chi connectivity index (χ0n) is 12.3. The number of anilines is 1. The molecule has 1 aromatic carbocycles. The molecule has 0 aliphatic rings. The molecule has 0 spiro atoms. The molecule has 8 nitrogen and oxygen atoms in total. The molecule has 1 heterocycles. The number of nitrogens with two attached hydrogens (primary N) is 1. The Morgan fingerprint density at radius 1 is 1.00 bits per heavy atom. The van der Waals surface area contributed by atoms with Crippen molar-refractivity contribution >= 4 is 17.5 Å². The largest absolute Gasteiger partial charge is 0.493 e. The average Bonchev–Trinajstić information content (AvgIpc) is 2.50. The van der Waals surface area contributed by atoms with Crippen LogP contribution in [0.15, 0.2) is 12.1 Å². The first kappa shape index (κ1) is 15.9. The van der Waals surface area contributed by atoms with Gasteiger partial charge in [0.2, 0.25) is 17.0 Å². The molecule has 2 N–H and O–H groups in total. The van der Waals surface area contributed by atoms with E-state index < -0.39 is 0 Å². The van der Waals surface area contributed by atoms with Gasteiger partial charge in [0.1, 0.15) is 6.61 Å². The Morgan fingerprint density at radius 2 is 1.64 bits per heavy atom. The van der Waals surface area contributed by atoms with E-state index in [2.05, 4.69) is 15.0 Å². The van der Waals surface area contributed by atoms with E-state index in [0.29, 0.717) is 17.2 Å². The molecule has 2 rings (SSSR count). The van der Waals surface area contributed by atoms with E-state index in [-0.39, 0.29) is 23.8 Å². The Labute approximate surface area is 132 Å². The first-order valence-corrected chi connectivity index (χ1v) is 6.54. The Bertz CT molecular complexity index is 623. The number of halogens is 1. The molecule has 118 valence electrons. The third-order valence-electron chi connectivity index (χ3n) is 2.70. The fourth-order valence-corrected chi connectivity index (χ4v) is 1.94. The molecule has 0 radical (unpaired) electrons. The van der Waals surface area contributed by atoms with Crippen molar-refractivity contribution in [2.75, 3.05) is 27.1 Å². The number of hydrogen-bond donors (Lipinski definition) is 1. The van der Waals surface area contributed by atoms with Crippen molar-refractivity contribution < 1.29 is 18.9 Å². The number of rotatable bonds is 6. The zero-order valence-corrected chi connectivity index (χ0v) is 13.0. The second-order valence-electron chi connectivity index (χ2n) is 4.07. The van der Waals surface area contributed by atoms with Gasteiger partial charge in [0.15, 0.2) is 11.5 Å². The summed E-state index contributed by atoms with van der Waals surface area (Å²) in [7, 11) is 4.61. The van der Waals surface area contributed by atoms with Gasteiger partial charge in [0.25, 0.3) is 0 Å². The lowest BCUT2D eigenvalue weighted by atomic mass is 10.2. The second-order valence-corrected chi connectivity index (χ2v) is 4.41. The van der Waals surface area contributed by atoms with Crippen LogP contribution in [0.3, 0.4) is 0 Å². The summed E-state index contributed by atoms with van der Waals surface area (Å²) in [6, 6.07) is 3.55. The van der Waals surface area contributed by atoms with Crippen molar-refractivity contribution in [1.82, 2.24) is 15.0 Å². The van der Waals surface area contributed by atoms with Crippen molar-refractivity contribution in [3.05, 3.63) is 23.0 Å². The number of hydrogen-bond acceptors (Lipinski definition) is 8. The molecular weight excluding hydrogens is 312 g/mol. The number of benzene rings is 1. The lowest BCUT2D eigenvalue weighted by molar-refractivity contribution is 0.276. The summed E-state index contributed by atoms with van der Waals surface area (Å²) < 4.78 is 21.2. The highest BCUT2D eigenvalue weighted by Crippen LogP contribution is 2.38. The fraction of sp³-hybridized carbons (Fsp3) is 0.308.